The van der Waals surface area contributed by atoms with Gasteiger partial charge in [0, 0.05) is 32.7 Å². The van der Waals surface area contributed by atoms with Crippen LogP contribution in [0.3, 0.4) is 0 Å². The summed E-state index contributed by atoms with van der Waals surface area (Å²) in [6.45, 7) is 12.4. The number of aromatic nitrogens is 4. The summed E-state index contributed by atoms with van der Waals surface area (Å²) in [5, 5.41) is 0. The zero-order chi connectivity index (χ0) is 20.6. The van der Waals surface area contributed by atoms with Gasteiger partial charge < -0.3 is 25.3 Å². The number of H-pyrrole nitrogens is 1. The summed E-state index contributed by atoms with van der Waals surface area (Å²) in [6.07, 6.45) is 5.10. The van der Waals surface area contributed by atoms with Gasteiger partial charge in [0.15, 0.2) is 11.5 Å². The predicted octanol–water partition coefficient (Wildman–Crippen LogP) is 1.69. The number of likely N-dealkylation sites (N-methyl/N-ethyl adjacent to an activating group) is 1. The second kappa shape index (κ2) is 10.6. The van der Waals surface area contributed by atoms with E-state index in [1.807, 2.05) is 0 Å². The third-order valence-corrected chi connectivity index (χ3v) is 5.63. The summed E-state index contributed by atoms with van der Waals surface area (Å²) in [7, 11) is 0. The molecule has 29 heavy (non-hydrogen) atoms. The van der Waals surface area contributed by atoms with Gasteiger partial charge >= 0.3 is 11.7 Å². The van der Waals surface area contributed by atoms with Gasteiger partial charge in [-0.1, -0.05) is 26.7 Å². The molecule has 1 saturated heterocycles. The molecular formula is C20H35N7O2. The van der Waals surface area contributed by atoms with E-state index in [-0.39, 0.29) is 17.5 Å². The number of nitrogens with one attached hydrogen (secondary N) is 1. The quantitative estimate of drug-likeness (QED) is 0.548. The number of hydrogen-bond donors (Lipinski definition) is 2. The summed E-state index contributed by atoms with van der Waals surface area (Å²) < 4.78 is 7.24. The minimum Gasteiger partial charge on any atom is -0.463 e. The number of rotatable bonds is 11. The van der Waals surface area contributed by atoms with E-state index in [4.69, 9.17) is 10.5 Å². The van der Waals surface area contributed by atoms with Crippen molar-refractivity contribution in [1.29, 1.82) is 0 Å². The van der Waals surface area contributed by atoms with E-state index in [1.54, 1.807) is 4.57 Å². The lowest BCUT2D eigenvalue weighted by Gasteiger charge is -2.33. The molecule has 0 atom stereocenters. The minimum absolute atomic E-state index is 0.192. The molecule has 3 rings (SSSR count). The van der Waals surface area contributed by atoms with Gasteiger partial charge in [0.25, 0.3) is 0 Å². The lowest BCUT2D eigenvalue weighted by atomic mass is 10.2. The molecule has 2 aromatic heterocycles. The van der Waals surface area contributed by atoms with Gasteiger partial charge in [-0.3, -0.25) is 4.57 Å². The molecule has 9 heteroatoms. The first-order chi connectivity index (χ1) is 14.1. The Morgan fingerprint density at radius 2 is 1.72 bits per heavy atom. The number of nitrogens with two attached hydrogens (primary N) is 1. The number of aromatic amines is 1. The maximum atomic E-state index is 12.4. The molecule has 0 aromatic carbocycles. The zero-order valence-corrected chi connectivity index (χ0v) is 17.8. The van der Waals surface area contributed by atoms with Crippen molar-refractivity contribution in [2.45, 2.75) is 52.5 Å². The molecule has 2 aromatic rings. The number of aryl methyl sites for hydroxylation is 1. The molecule has 3 N–H and O–H groups in total. The van der Waals surface area contributed by atoms with Crippen LogP contribution in [0.2, 0.25) is 0 Å². The first kappa shape index (κ1) is 21.6. The van der Waals surface area contributed by atoms with Crippen LogP contribution in [0.5, 0.6) is 6.01 Å². The van der Waals surface area contributed by atoms with Gasteiger partial charge in [0.2, 0.25) is 0 Å². The number of unbranched alkanes of at least 4 members (excludes halogenated alkanes) is 3. The van der Waals surface area contributed by atoms with Crippen molar-refractivity contribution >= 4 is 17.0 Å². The smallest absolute Gasteiger partial charge is 0.327 e. The van der Waals surface area contributed by atoms with Crippen molar-refractivity contribution < 1.29 is 4.74 Å². The summed E-state index contributed by atoms with van der Waals surface area (Å²) in [5.74, 6) is 0.253. The van der Waals surface area contributed by atoms with E-state index in [0.29, 0.717) is 24.3 Å². The van der Waals surface area contributed by atoms with Crippen LogP contribution in [0.1, 0.15) is 46.0 Å². The van der Waals surface area contributed by atoms with Crippen molar-refractivity contribution in [2.75, 3.05) is 51.6 Å². The van der Waals surface area contributed by atoms with E-state index in [0.717, 1.165) is 58.3 Å². The Morgan fingerprint density at radius 1 is 1.00 bits per heavy atom. The Balaban J connectivity index is 1.51. The van der Waals surface area contributed by atoms with Gasteiger partial charge in [-0.2, -0.15) is 9.97 Å². The van der Waals surface area contributed by atoms with Gasteiger partial charge in [0.05, 0.1) is 6.61 Å². The third kappa shape index (κ3) is 5.70. The minimum atomic E-state index is -0.192. The van der Waals surface area contributed by atoms with Crippen LogP contribution in [0.4, 0.5) is 5.82 Å². The number of anilines is 1. The average Bonchev–Trinajstić information content (AvgIpc) is 3.04. The molecule has 9 nitrogen and oxygen atoms in total. The van der Waals surface area contributed by atoms with Crippen LogP contribution >= 0.6 is 0 Å². The van der Waals surface area contributed by atoms with E-state index < -0.39 is 0 Å². The number of piperazine rings is 1. The number of fused-ring (bicyclic) bond motifs is 1. The first-order valence-electron chi connectivity index (χ1n) is 11.0. The van der Waals surface area contributed by atoms with Crippen molar-refractivity contribution in [3.63, 3.8) is 0 Å². The van der Waals surface area contributed by atoms with E-state index in [9.17, 15) is 4.79 Å². The fourth-order valence-corrected chi connectivity index (χ4v) is 3.72. The van der Waals surface area contributed by atoms with Crippen LogP contribution in [0.25, 0.3) is 11.2 Å². The Bertz CT molecular complexity index is 824. The Morgan fingerprint density at radius 3 is 2.45 bits per heavy atom. The number of hydrogen-bond acceptors (Lipinski definition) is 7. The lowest BCUT2D eigenvalue weighted by Crippen LogP contribution is -2.46. The third-order valence-electron chi connectivity index (χ3n) is 5.63. The molecule has 3 heterocycles. The van der Waals surface area contributed by atoms with Gasteiger partial charge in [-0.25, -0.2) is 4.79 Å². The molecule has 0 amide bonds. The lowest BCUT2D eigenvalue weighted by molar-refractivity contribution is 0.135. The van der Waals surface area contributed by atoms with Crippen LogP contribution in [-0.4, -0.2) is 75.2 Å². The highest BCUT2D eigenvalue weighted by Crippen LogP contribution is 2.18. The van der Waals surface area contributed by atoms with Crippen LogP contribution < -0.4 is 16.2 Å². The molecule has 0 radical (unpaired) electrons. The number of imidazole rings is 1. The monoisotopic (exact) mass is 405 g/mol. The molecule has 1 aliphatic rings. The zero-order valence-electron chi connectivity index (χ0n) is 17.8. The Labute approximate surface area is 172 Å². The summed E-state index contributed by atoms with van der Waals surface area (Å²) in [4.78, 5) is 28.8. The van der Waals surface area contributed by atoms with Crippen molar-refractivity contribution in [1.82, 2.24) is 29.3 Å². The van der Waals surface area contributed by atoms with Crippen molar-refractivity contribution in [3.8, 4) is 6.01 Å². The molecule has 0 aliphatic carbocycles. The highest BCUT2D eigenvalue weighted by atomic mass is 16.5. The molecular weight excluding hydrogens is 370 g/mol. The summed E-state index contributed by atoms with van der Waals surface area (Å²) in [5.41, 5.74) is 6.83. The molecule has 1 aliphatic heterocycles. The maximum Gasteiger partial charge on any atom is 0.327 e. The van der Waals surface area contributed by atoms with Crippen LogP contribution in [0, 0.1) is 0 Å². The SMILES string of the molecule is CCCCOc1nc(N)c2[nH]c(=O)n(CCCCCN3CCN(CC)CC3)c2n1. The molecule has 0 bridgehead atoms. The van der Waals surface area contributed by atoms with Gasteiger partial charge in [-0.05, 0) is 32.4 Å². The predicted molar refractivity (Wildman–Crippen MR) is 115 cm³/mol. The van der Waals surface area contributed by atoms with Crippen molar-refractivity contribution in [3.05, 3.63) is 10.5 Å². The van der Waals surface area contributed by atoms with E-state index in [1.165, 1.54) is 13.1 Å². The highest BCUT2D eigenvalue weighted by Gasteiger charge is 2.16. The summed E-state index contributed by atoms with van der Waals surface area (Å²) in [6, 6.07) is 0.238. The molecule has 0 unspecified atom stereocenters. The highest BCUT2D eigenvalue weighted by molar-refractivity contribution is 5.81. The second-order valence-corrected chi connectivity index (χ2v) is 7.71. The Kier molecular flexibility index (Phi) is 7.88. The number of nitrogens with zero attached hydrogens (tertiary/aromatic N) is 5. The molecule has 162 valence electrons. The second-order valence-electron chi connectivity index (χ2n) is 7.71. The van der Waals surface area contributed by atoms with E-state index in [2.05, 4.69) is 38.6 Å². The molecule has 0 saturated carbocycles. The van der Waals surface area contributed by atoms with Crippen molar-refractivity contribution in [2.24, 2.45) is 0 Å². The fourth-order valence-electron chi connectivity index (χ4n) is 3.72. The maximum absolute atomic E-state index is 12.4. The van der Waals surface area contributed by atoms with Gasteiger partial charge in [-0.15, -0.1) is 0 Å². The van der Waals surface area contributed by atoms with E-state index >= 15 is 0 Å². The first-order valence-corrected chi connectivity index (χ1v) is 11.0. The molecule has 1 fully saturated rings. The normalized spacial score (nSPS) is 15.9. The van der Waals surface area contributed by atoms with Crippen LogP contribution in [0.15, 0.2) is 4.79 Å². The standard InChI is InChI=1S/C20H35N7O2/c1-3-5-15-29-19-23-17(21)16-18(24-19)27(20(28)22-16)10-8-6-7-9-26-13-11-25(4-2)12-14-26/h3-15H2,1-2H3,(H,22,28)(H2,21,23,24). The van der Waals surface area contributed by atoms with Crippen LogP contribution in [-0.2, 0) is 6.54 Å². The average molecular weight is 406 g/mol. The van der Waals surface area contributed by atoms with Gasteiger partial charge in [0.1, 0.15) is 5.52 Å². The molecule has 0 spiro atoms. The summed E-state index contributed by atoms with van der Waals surface area (Å²) >= 11 is 0. The number of nitrogen functional groups attached to an aromatic ring is 1. The largest absolute Gasteiger partial charge is 0.463 e. The fraction of sp³-hybridized carbons (Fsp3) is 0.750. The Hall–Kier alpha value is -2.13. The number of ether oxygens (including phenoxy) is 1. The topological polar surface area (TPSA) is 105 Å².